The second-order valence-corrected chi connectivity index (χ2v) is 12.1. The average molecular weight is 542 g/mol. The molecule has 0 saturated heterocycles. The lowest BCUT2D eigenvalue weighted by Crippen LogP contribution is -2.29. The number of ether oxygens (including phenoxy) is 2. The van der Waals surface area contributed by atoms with Crippen LogP contribution < -0.4 is 20.5 Å². The van der Waals surface area contributed by atoms with Gasteiger partial charge in [0, 0.05) is 15.8 Å². The highest BCUT2D eigenvalue weighted by Gasteiger charge is 2.35. The van der Waals surface area contributed by atoms with E-state index < -0.39 is 5.91 Å². The van der Waals surface area contributed by atoms with E-state index in [0.29, 0.717) is 44.8 Å². The standard InChI is InChI=1S/C31H31N3O4S/c1-4-31(2,3)18-10-11-20-26(14-18)39-30(27(20)28(32)35)34-29(36)21-15-23(33-22-8-6-5-7-19(21)22)17-9-12-24-25(13-17)38-16-37-24/h5-9,12-13,15,18H,4,10-11,14,16H2,1-3H3,(H2,32,35)(H,34,36). The summed E-state index contributed by atoms with van der Waals surface area (Å²) in [5.74, 6) is 1.04. The van der Waals surface area contributed by atoms with Crippen molar-refractivity contribution in [3.8, 4) is 22.8 Å². The number of hydrogen-bond acceptors (Lipinski definition) is 6. The van der Waals surface area contributed by atoms with Crippen molar-refractivity contribution in [3.05, 3.63) is 70.1 Å². The van der Waals surface area contributed by atoms with Gasteiger partial charge in [-0.3, -0.25) is 9.59 Å². The van der Waals surface area contributed by atoms with Crippen molar-refractivity contribution in [3.63, 3.8) is 0 Å². The number of hydrogen-bond donors (Lipinski definition) is 2. The Balaban J connectivity index is 1.38. The number of anilines is 1. The number of rotatable bonds is 6. The van der Waals surface area contributed by atoms with Crippen molar-refractivity contribution in [1.82, 2.24) is 4.98 Å². The Morgan fingerprint density at radius 2 is 1.92 bits per heavy atom. The number of fused-ring (bicyclic) bond motifs is 3. The fraction of sp³-hybridized carbons (Fsp3) is 0.323. The average Bonchev–Trinajstić information content (AvgIpc) is 3.55. The first-order chi connectivity index (χ1) is 18.7. The van der Waals surface area contributed by atoms with Crippen LogP contribution >= 0.6 is 11.3 Å². The number of nitrogens with two attached hydrogens (primary N) is 1. The lowest BCUT2D eigenvalue weighted by atomic mass is 9.69. The molecule has 1 aliphatic carbocycles. The third-order valence-electron chi connectivity index (χ3n) is 8.38. The topological polar surface area (TPSA) is 104 Å². The number of para-hydroxylation sites is 1. The number of carbonyl (C=O) groups excluding carboxylic acids is 2. The summed E-state index contributed by atoms with van der Waals surface area (Å²) in [5.41, 5.74) is 10.1. The van der Waals surface area contributed by atoms with Crippen molar-refractivity contribution in [2.24, 2.45) is 17.1 Å². The Labute approximate surface area is 231 Å². The number of carbonyl (C=O) groups is 2. The van der Waals surface area contributed by atoms with Gasteiger partial charge in [0.1, 0.15) is 5.00 Å². The molecule has 7 nitrogen and oxygen atoms in total. The highest BCUT2D eigenvalue weighted by atomic mass is 32.1. The van der Waals surface area contributed by atoms with Gasteiger partial charge in [-0.05, 0) is 66.5 Å². The lowest BCUT2D eigenvalue weighted by Gasteiger charge is -2.36. The molecule has 3 heterocycles. The Morgan fingerprint density at radius 3 is 2.72 bits per heavy atom. The molecule has 200 valence electrons. The van der Waals surface area contributed by atoms with Crippen LogP contribution in [0.3, 0.4) is 0 Å². The van der Waals surface area contributed by atoms with Gasteiger partial charge < -0.3 is 20.5 Å². The molecule has 1 unspecified atom stereocenters. The van der Waals surface area contributed by atoms with E-state index >= 15 is 0 Å². The summed E-state index contributed by atoms with van der Waals surface area (Å²) >= 11 is 1.48. The van der Waals surface area contributed by atoms with Crippen LogP contribution in [0.25, 0.3) is 22.2 Å². The third-order valence-corrected chi connectivity index (χ3v) is 9.55. The molecule has 2 aromatic heterocycles. The van der Waals surface area contributed by atoms with Gasteiger partial charge in [0.05, 0.1) is 22.3 Å². The molecule has 8 heteroatoms. The Bertz CT molecular complexity index is 1620. The summed E-state index contributed by atoms with van der Waals surface area (Å²) < 4.78 is 11.0. The summed E-state index contributed by atoms with van der Waals surface area (Å²) in [6.07, 6.45) is 3.78. The predicted molar refractivity (Wildman–Crippen MR) is 154 cm³/mol. The molecule has 0 radical (unpaired) electrons. The number of benzene rings is 2. The van der Waals surface area contributed by atoms with Gasteiger partial charge in [-0.15, -0.1) is 11.3 Å². The van der Waals surface area contributed by atoms with Gasteiger partial charge in [0.2, 0.25) is 6.79 Å². The van der Waals surface area contributed by atoms with Crippen LogP contribution in [0.4, 0.5) is 5.00 Å². The zero-order valence-corrected chi connectivity index (χ0v) is 23.1. The van der Waals surface area contributed by atoms with Crippen LogP contribution in [-0.2, 0) is 12.8 Å². The maximum absolute atomic E-state index is 13.8. The van der Waals surface area contributed by atoms with E-state index in [1.165, 1.54) is 11.3 Å². The molecule has 1 aliphatic heterocycles. The number of nitrogens with zero attached hydrogens (tertiary/aromatic N) is 1. The van der Waals surface area contributed by atoms with Gasteiger partial charge in [-0.2, -0.15) is 0 Å². The van der Waals surface area contributed by atoms with Gasteiger partial charge >= 0.3 is 0 Å². The molecule has 2 aromatic carbocycles. The van der Waals surface area contributed by atoms with Gasteiger partial charge in [0.25, 0.3) is 11.8 Å². The third kappa shape index (κ3) is 4.52. The zero-order valence-electron chi connectivity index (χ0n) is 22.3. The number of pyridine rings is 1. The molecule has 4 aromatic rings. The molecule has 0 saturated carbocycles. The minimum absolute atomic E-state index is 0.182. The SMILES string of the molecule is CCC(C)(C)C1CCc2c(sc(NC(=O)c3cc(-c4ccc5c(c4)OCO5)nc4ccccc34)c2C(N)=O)C1. The molecule has 2 aliphatic rings. The molecule has 0 spiro atoms. The van der Waals surface area contributed by atoms with E-state index in [1.54, 1.807) is 6.07 Å². The molecule has 39 heavy (non-hydrogen) atoms. The quantitative estimate of drug-likeness (QED) is 0.287. The largest absolute Gasteiger partial charge is 0.454 e. The van der Waals surface area contributed by atoms with E-state index in [0.717, 1.165) is 47.1 Å². The summed E-state index contributed by atoms with van der Waals surface area (Å²) in [4.78, 5) is 32.4. The van der Waals surface area contributed by atoms with E-state index in [9.17, 15) is 9.59 Å². The van der Waals surface area contributed by atoms with Crippen LogP contribution in [0.1, 0.15) is 64.8 Å². The van der Waals surface area contributed by atoms with Crippen molar-refractivity contribution < 1.29 is 19.1 Å². The van der Waals surface area contributed by atoms with Crippen molar-refractivity contribution in [2.45, 2.75) is 46.5 Å². The molecule has 1 atom stereocenters. The Hall–Kier alpha value is -3.91. The molecular formula is C31H31N3O4S. The summed E-state index contributed by atoms with van der Waals surface area (Å²) in [5, 5.41) is 4.31. The second kappa shape index (κ2) is 9.68. The van der Waals surface area contributed by atoms with Gasteiger partial charge in [-0.25, -0.2) is 4.98 Å². The van der Waals surface area contributed by atoms with Crippen LogP contribution in [0, 0.1) is 11.3 Å². The predicted octanol–water partition coefficient (Wildman–Crippen LogP) is 6.58. The minimum Gasteiger partial charge on any atom is -0.454 e. The van der Waals surface area contributed by atoms with Crippen molar-refractivity contribution in [2.75, 3.05) is 12.1 Å². The summed E-state index contributed by atoms with van der Waals surface area (Å²) in [6, 6.07) is 14.9. The number of amides is 2. The first-order valence-corrected chi connectivity index (χ1v) is 14.1. The zero-order chi connectivity index (χ0) is 27.3. The first kappa shape index (κ1) is 25.4. The van der Waals surface area contributed by atoms with Crippen LogP contribution in [0.2, 0.25) is 0 Å². The molecule has 0 fully saturated rings. The molecule has 2 amide bonds. The van der Waals surface area contributed by atoms with Crippen molar-refractivity contribution in [1.29, 1.82) is 0 Å². The maximum Gasteiger partial charge on any atom is 0.257 e. The van der Waals surface area contributed by atoms with Gasteiger partial charge in [0.15, 0.2) is 11.5 Å². The number of aromatic nitrogens is 1. The van der Waals surface area contributed by atoms with Crippen LogP contribution in [0.5, 0.6) is 11.5 Å². The van der Waals surface area contributed by atoms with Crippen LogP contribution in [-0.4, -0.2) is 23.6 Å². The molecular weight excluding hydrogens is 510 g/mol. The minimum atomic E-state index is -0.503. The van der Waals surface area contributed by atoms with Gasteiger partial charge in [-0.1, -0.05) is 45.4 Å². The van der Waals surface area contributed by atoms with E-state index in [1.807, 2.05) is 42.5 Å². The Morgan fingerprint density at radius 1 is 1.13 bits per heavy atom. The fourth-order valence-electron chi connectivity index (χ4n) is 5.63. The Kier molecular flexibility index (Phi) is 6.30. The summed E-state index contributed by atoms with van der Waals surface area (Å²) in [6.45, 7) is 7.02. The maximum atomic E-state index is 13.8. The number of thiophene rings is 1. The fourth-order valence-corrected chi connectivity index (χ4v) is 6.96. The van der Waals surface area contributed by atoms with Crippen LogP contribution in [0.15, 0.2) is 48.5 Å². The highest BCUT2D eigenvalue weighted by Crippen LogP contribution is 2.45. The number of primary amides is 1. The van der Waals surface area contributed by atoms with Crippen molar-refractivity contribution >= 4 is 39.1 Å². The monoisotopic (exact) mass is 541 g/mol. The molecule has 3 N–H and O–H groups in total. The van der Waals surface area contributed by atoms with E-state index in [4.69, 9.17) is 20.2 Å². The molecule has 6 rings (SSSR count). The second-order valence-electron chi connectivity index (χ2n) is 10.9. The van der Waals surface area contributed by atoms with E-state index in [2.05, 4.69) is 26.1 Å². The molecule has 0 bridgehead atoms. The normalized spacial score (nSPS) is 16.2. The smallest absolute Gasteiger partial charge is 0.257 e. The highest BCUT2D eigenvalue weighted by molar-refractivity contribution is 7.17. The van der Waals surface area contributed by atoms with E-state index in [-0.39, 0.29) is 18.1 Å². The lowest BCUT2D eigenvalue weighted by molar-refractivity contribution is 0.0999. The summed E-state index contributed by atoms with van der Waals surface area (Å²) in [7, 11) is 0. The number of nitrogens with one attached hydrogen (secondary N) is 1. The first-order valence-electron chi connectivity index (χ1n) is 13.3.